The Bertz CT molecular complexity index is 660. The van der Waals surface area contributed by atoms with Gasteiger partial charge in [-0.15, -0.1) is 0 Å². The third kappa shape index (κ3) is 3.48. The minimum absolute atomic E-state index is 0.0288. The number of nitrogens with zero attached hydrogens (tertiary/aromatic N) is 1. The van der Waals surface area contributed by atoms with Gasteiger partial charge < -0.3 is 15.0 Å². The molecule has 1 aromatic heterocycles. The number of amides is 1. The van der Waals surface area contributed by atoms with Gasteiger partial charge in [0.15, 0.2) is 0 Å². The zero-order valence-electron chi connectivity index (χ0n) is 13.7. The summed E-state index contributed by atoms with van der Waals surface area (Å²) in [6.07, 6.45) is 3.06. The lowest BCUT2D eigenvalue weighted by molar-refractivity contribution is 0.0867. The number of aromatic nitrogens is 1. The molecule has 2 N–H and O–H groups in total. The molecule has 4 heteroatoms. The predicted molar refractivity (Wildman–Crippen MR) is 91.0 cm³/mol. The molecule has 3 rings (SSSR count). The second-order valence-corrected chi connectivity index (χ2v) is 6.48. The normalized spacial score (nSPS) is 21.2. The molecule has 1 aliphatic carbocycles. The molecular weight excluding hydrogens is 288 g/mol. The van der Waals surface area contributed by atoms with Gasteiger partial charge >= 0.3 is 0 Å². The SMILES string of the molecule is Cc1ccc(C)n1-c1ccc(C(=O)NC2CCC(O)CC2)cc1. The van der Waals surface area contributed by atoms with E-state index in [0.29, 0.717) is 5.56 Å². The molecule has 4 nitrogen and oxygen atoms in total. The van der Waals surface area contributed by atoms with Crippen LogP contribution in [0.3, 0.4) is 0 Å². The van der Waals surface area contributed by atoms with Crippen LogP contribution >= 0.6 is 0 Å². The van der Waals surface area contributed by atoms with E-state index < -0.39 is 0 Å². The molecule has 0 aliphatic heterocycles. The molecule has 0 bridgehead atoms. The molecule has 23 heavy (non-hydrogen) atoms. The Morgan fingerprint density at radius 2 is 1.57 bits per heavy atom. The second-order valence-electron chi connectivity index (χ2n) is 6.48. The van der Waals surface area contributed by atoms with E-state index in [1.807, 2.05) is 24.3 Å². The smallest absolute Gasteiger partial charge is 0.251 e. The van der Waals surface area contributed by atoms with Gasteiger partial charge in [-0.05, 0) is 75.9 Å². The number of aliphatic hydroxyl groups excluding tert-OH is 1. The van der Waals surface area contributed by atoms with Crippen molar-refractivity contribution in [3.63, 3.8) is 0 Å². The van der Waals surface area contributed by atoms with Crippen LogP contribution < -0.4 is 5.32 Å². The van der Waals surface area contributed by atoms with Crippen molar-refractivity contribution in [2.45, 2.75) is 51.7 Å². The summed E-state index contributed by atoms with van der Waals surface area (Å²) in [5, 5.41) is 12.6. The van der Waals surface area contributed by atoms with Gasteiger partial charge in [0, 0.05) is 28.7 Å². The van der Waals surface area contributed by atoms with Gasteiger partial charge in [-0.1, -0.05) is 0 Å². The summed E-state index contributed by atoms with van der Waals surface area (Å²) in [7, 11) is 0. The van der Waals surface area contributed by atoms with Crippen LogP contribution in [-0.2, 0) is 0 Å². The maximum absolute atomic E-state index is 12.3. The van der Waals surface area contributed by atoms with Gasteiger partial charge in [0.25, 0.3) is 5.91 Å². The van der Waals surface area contributed by atoms with Crippen LogP contribution in [0.1, 0.15) is 47.4 Å². The number of benzene rings is 1. The third-order valence-corrected chi connectivity index (χ3v) is 4.69. The zero-order chi connectivity index (χ0) is 16.4. The summed E-state index contributed by atoms with van der Waals surface area (Å²) in [6, 6.07) is 12.1. The summed E-state index contributed by atoms with van der Waals surface area (Å²) >= 11 is 0. The minimum atomic E-state index is -0.199. The van der Waals surface area contributed by atoms with Crippen LogP contribution in [0.25, 0.3) is 5.69 Å². The highest BCUT2D eigenvalue weighted by molar-refractivity contribution is 5.94. The average molecular weight is 312 g/mol. The van der Waals surface area contributed by atoms with Crippen molar-refractivity contribution in [3.05, 3.63) is 53.3 Å². The van der Waals surface area contributed by atoms with Crippen LogP contribution in [0.4, 0.5) is 0 Å². The highest BCUT2D eigenvalue weighted by Gasteiger charge is 2.21. The summed E-state index contributed by atoms with van der Waals surface area (Å²) in [6.45, 7) is 4.15. The van der Waals surface area contributed by atoms with Crippen LogP contribution in [0.5, 0.6) is 0 Å². The molecule has 1 saturated carbocycles. The quantitative estimate of drug-likeness (QED) is 0.915. The minimum Gasteiger partial charge on any atom is -0.393 e. The molecule has 2 aromatic rings. The molecule has 1 fully saturated rings. The van der Waals surface area contributed by atoms with Gasteiger partial charge in [0.1, 0.15) is 0 Å². The maximum atomic E-state index is 12.3. The first-order valence-corrected chi connectivity index (χ1v) is 8.29. The van der Waals surface area contributed by atoms with Crippen molar-refractivity contribution in [2.24, 2.45) is 0 Å². The van der Waals surface area contributed by atoms with Crippen LogP contribution in [0.2, 0.25) is 0 Å². The molecule has 0 atom stereocenters. The van der Waals surface area contributed by atoms with Crippen LogP contribution in [0.15, 0.2) is 36.4 Å². The second kappa shape index (κ2) is 6.59. The van der Waals surface area contributed by atoms with E-state index in [2.05, 4.69) is 35.9 Å². The van der Waals surface area contributed by atoms with E-state index >= 15 is 0 Å². The molecule has 0 unspecified atom stereocenters. The van der Waals surface area contributed by atoms with Crippen molar-refractivity contribution >= 4 is 5.91 Å². The Balaban J connectivity index is 1.68. The lowest BCUT2D eigenvalue weighted by atomic mass is 9.93. The number of carbonyl (C=O) groups excluding carboxylic acids is 1. The number of nitrogens with one attached hydrogen (secondary N) is 1. The van der Waals surface area contributed by atoms with Crippen molar-refractivity contribution in [1.29, 1.82) is 0 Å². The lowest BCUT2D eigenvalue weighted by Gasteiger charge is -2.26. The topological polar surface area (TPSA) is 54.3 Å². The fourth-order valence-electron chi connectivity index (χ4n) is 3.33. The van der Waals surface area contributed by atoms with Crippen LogP contribution in [0, 0.1) is 13.8 Å². The Morgan fingerprint density at radius 1 is 1.00 bits per heavy atom. The van der Waals surface area contributed by atoms with E-state index in [9.17, 15) is 9.90 Å². The molecule has 1 aromatic carbocycles. The van der Waals surface area contributed by atoms with Crippen molar-refractivity contribution in [1.82, 2.24) is 9.88 Å². The Morgan fingerprint density at radius 3 is 2.13 bits per heavy atom. The number of hydrogen-bond acceptors (Lipinski definition) is 2. The van der Waals surface area contributed by atoms with Gasteiger partial charge in [0.05, 0.1) is 6.10 Å². The third-order valence-electron chi connectivity index (χ3n) is 4.69. The van der Waals surface area contributed by atoms with E-state index in [4.69, 9.17) is 0 Å². The molecule has 122 valence electrons. The first kappa shape index (κ1) is 15.8. The van der Waals surface area contributed by atoms with Gasteiger partial charge in [-0.25, -0.2) is 0 Å². The molecule has 0 radical (unpaired) electrons. The summed E-state index contributed by atoms with van der Waals surface area (Å²) in [4.78, 5) is 12.3. The first-order valence-electron chi connectivity index (χ1n) is 8.29. The number of aryl methyl sites for hydroxylation is 2. The van der Waals surface area contributed by atoms with Crippen LogP contribution in [-0.4, -0.2) is 27.7 Å². The van der Waals surface area contributed by atoms with Gasteiger partial charge in [-0.3, -0.25) is 4.79 Å². The fraction of sp³-hybridized carbons (Fsp3) is 0.421. The first-order chi connectivity index (χ1) is 11.0. The Labute approximate surface area is 137 Å². The monoisotopic (exact) mass is 312 g/mol. The number of hydrogen-bond donors (Lipinski definition) is 2. The largest absolute Gasteiger partial charge is 0.393 e. The maximum Gasteiger partial charge on any atom is 0.251 e. The molecule has 1 aliphatic rings. The average Bonchev–Trinajstić information content (AvgIpc) is 2.88. The Hall–Kier alpha value is -2.07. The van der Waals surface area contributed by atoms with E-state index in [1.54, 1.807) is 0 Å². The fourth-order valence-corrected chi connectivity index (χ4v) is 3.33. The van der Waals surface area contributed by atoms with Crippen molar-refractivity contribution < 1.29 is 9.90 Å². The Kier molecular flexibility index (Phi) is 4.53. The van der Waals surface area contributed by atoms with E-state index in [-0.39, 0.29) is 18.1 Å². The summed E-state index contributed by atoms with van der Waals surface area (Å²) in [5.74, 6) is -0.0288. The molecule has 1 amide bonds. The predicted octanol–water partition coefficient (Wildman–Crippen LogP) is 3.13. The van der Waals surface area contributed by atoms with Crippen molar-refractivity contribution in [2.75, 3.05) is 0 Å². The van der Waals surface area contributed by atoms with E-state index in [1.165, 1.54) is 11.4 Å². The highest BCUT2D eigenvalue weighted by Crippen LogP contribution is 2.20. The van der Waals surface area contributed by atoms with Crippen molar-refractivity contribution in [3.8, 4) is 5.69 Å². The summed E-state index contributed by atoms with van der Waals surface area (Å²) in [5.41, 5.74) is 4.12. The number of aliphatic hydroxyl groups is 1. The molecule has 0 saturated heterocycles. The highest BCUT2D eigenvalue weighted by atomic mass is 16.3. The van der Waals surface area contributed by atoms with Gasteiger partial charge in [0.2, 0.25) is 0 Å². The molecule has 0 spiro atoms. The molecule has 1 heterocycles. The molecular formula is C19H24N2O2. The zero-order valence-corrected chi connectivity index (χ0v) is 13.7. The van der Waals surface area contributed by atoms with Gasteiger partial charge in [-0.2, -0.15) is 0 Å². The number of carbonyl (C=O) groups is 1. The number of rotatable bonds is 3. The lowest BCUT2D eigenvalue weighted by Crippen LogP contribution is -2.38. The summed E-state index contributed by atoms with van der Waals surface area (Å²) < 4.78 is 2.17. The standard InChI is InChI=1S/C19H24N2O2/c1-13-3-4-14(2)21(13)17-9-5-15(6-10-17)19(23)20-16-7-11-18(22)12-8-16/h3-6,9-10,16,18,22H,7-8,11-12H2,1-2H3,(H,20,23). The van der Waals surface area contributed by atoms with E-state index in [0.717, 1.165) is 31.4 Å².